The first kappa shape index (κ1) is 23.3. The third-order valence-electron chi connectivity index (χ3n) is 5.28. The van der Waals surface area contributed by atoms with E-state index >= 15 is 0 Å². The quantitative estimate of drug-likeness (QED) is 0.533. The second-order valence-electron chi connectivity index (χ2n) is 7.81. The summed E-state index contributed by atoms with van der Waals surface area (Å²) >= 11 is 6.05. The fourth-order valence-electron chi connectivity index (χ4n) is 3.76. The molecule has 0 bridgehead atoms. The average Bonchev–Trinajstić information content (AvgIpc) is 3.19. The molecular formula is C23H22ClN3O4S2. The third-order valence-corrected chi connectivity index (χ3v) is 7.80. The first-order valence-corrected chi connectivity index (χ1v) is 13.8. The van der Waals surface area contributed by atoms with Gasteiger partial charge in [0.05, 0.1) is 22.9 Å². The van der Waals surface area contributed by atoms with E-state index in [2.05, 4.69) is 9.82 Å². The Morgan fingerprint density at radius 3 is 2.30 bits per heavy atom. The molecule has 0 spiro atoms. The van der Waals surface area contributed by atoms with Crippen LogP contribution >= 0.6 is 11.6 Å². The number of rotatable bonds is 6. The van der Waals surface area contributed by atoms with Gasteiger partial charge in [-0.25, -0.2) is 8.42 Å². The largest absolute Gasteiger partial charge is 0.284 e. The summed E-state index contributed by atoms with van der Waals surface area (Å²) in [5, 5.41) is 4.84. The van der Waals surface area contributed by atoms with Gasteiger partial charge < -0.3 is 0 Å². The molecule has 0 aromatic heterocycles. The predicted octanol–water partition coefficient (Wildman–Crippen LogP) is 4.56. The first-order valence-electron chi connectivity index (χ1n) is 10.1. The maximum atomic E-state index is 13.6. The van der Waals surface area contributed by atoms with Gasteiger partial charge in [-0.15, -0.1) is 0 Å². The Balaban J connectivity index is 1.76. The molecule has 0 fully saturated rings. The van der Waals surface area contributed by atoms with Crippen LogP contribution in [0.2, 0.25) is 5.02 Å². The lowest BCUT2D eigenvalue weighted by Gasteiger charge is -2.24. The van der Waals surface area contributed by atoms with Crippen molar-refractivity contribution >= 4 is 43.0 Å². The second kappa shape index (κ2) is 8.81. The van der Waals surface area contributed by atoms with Gasteiger partial charge in [0.2, 0.25) is 10.0 Å². The van der Waals surface area contributed by atoms with Crippen molar-refractivity contribution < 1.29 is 16.8 Å². The van der Waals surface area contributed by atoms with Gasteiger partial charge in [0, 0.05) is 17.1 Å². The number of benzene rings is 3. The highest BCUT2D eigenvalue weighted by Gasteiger charge is 2.38. The van der Waals surface area contributed by atoms with Crippen molar-refractivity contribution in [2.75, 3.05) is 11.0 Å². The minimum atomic E-state index is -3.98. The van der Waals surface area contributed by atoms with Gasteiger partial charge in [-0.05, 0) is 53.9 Å². The molecule has 4 rings (SSSR count). The zero-order valence-electron chi connectivity index (χ0n) is 17.9. The standard InChI is InChI=1S/C23H22ClN3O4S2/c1-16-6-3-4-9-21(16)23-15-22(17-10-12-19(13-11-17)26-32(2,28)29)25-27(23)33(30,31)20-8-5-7-18(24)14-20/h3-14,23,26H,15H2,1-2H3/t23-/m1/s1. The Bertz CT molecular complexity index is 1440. The molecule has 0 saturated heterocycles. The van der Waals surface area contributed by atoms with Crippen LogP contribution in [0.15, 0.2) is 82.8 Å². The highest BCUT2D eigenvalue weighted by Crippen LogP contribution is 2.38. The molecular weight excluding hydrogens is 482 g/mol. The number of aryl methyl sites for hydroxylation is 1. The van der Waals surface area contributed by atoms with Gasteiger partial charge >= 0.3 is 0 Å². The van der Waals surface area contributed by atoms with E-state index in [9.17, 15) is 16.8 Å². The van der Waals surface area contributed by atoms with E-state index in [1.54, 1.807) is 36.4 Å². The molecule has 1 N–H and O–H groups in total. The Labute approximate surface area is 198 Å². The molecule has 3 aromatic carbocycles. The minimum absolute atomic E-state index is 0.0614. The lowest BCUT2D eigenvalue weighted by atomic mass is 9.96. The number of nitrogens with zero attached hydrogens (tertiary/aromatic N) is 2. The van der Waals surface area contributed by atoms with Crippen molar-refractivity contribution in [3.63, 3.8) is 0 Å². The Hall–Kier alpha value is -2.88. The molecule has 1 aliphatic rings. The number of sulfonamides is 2. The molecule has 33 heavy (non-hydrogen) atoms. The number of nitrogens with one attached hydrogen (secondary N) is 1. The molecule has 1 atom stereocenters. The van der Waals surface area contributed by atoms with E-state index in [1.807, 2.05) is 31.2 Å². The monoisotopic (exact) mass is 503 g/mol. The van der Waals surface area contributed by atoms with Gasteiger partial charge in [0.15, 0.2) is 0 Å². The smallest absolute Gasteiger partial charge is 0.279 e. The Kier molecular flexibility index (Phi) is 6.22. The molecule has 0 aliphatic carbocycles. The molecule has 1 aliphatic heterocycles. The topological polar surface area (TPSA) is 95.9 Å². The summed E-state index contributed by atoms with van der Waals surface area (Å²) < 4.78 is 53.6. The maximum Gasteiger partial charge on any atom is 0.279 e. The van der Waals surface area contributed by atoms with E-state index < -0.39 is 26.1 Å². The van der Waals surface area contributed by atoms with E-state index in [-0.39, 0.29) is 4.90 Å². The van der Waals surface area contributed by atoms with Crippen LogP contribution in [0.5, 0.6) is 0 Å². The van der Waals surface area contributed by atoms with Gasteiger partial charge in [0.1, 0.15) is 0 Å². The highest BCUT2D eigenvalue weighted by atomic mass is 35.5. The summed E-state index contributed by atoms with van der Waals surface area (Å²) in [5.41, 5.74) is 3.52. The molecule has 1 heterocycles. The zero-order chi connectivity index (χ0) is 23.8. The Morgan fingerprint density at radius 2 is 1.67 bits per heavy atom. The summed E-state index contributed by atoms with van der Waals surface area (Å²) in [6, 6.07) is 19.9. The summed E-state index contributed by atoms with van der Waals surface area (Å²) in [6.07, 6.45) is 1.44. The molecule has 0 amide bonds. The maximum absolute atomic E-state index is 13.6. The predicted molar refractivity (Wildman–Crippen MR) is 130 cm³/mol. The number of hydrazone groups is 1. The molecule has 0 unspecified atom stereocenters. The molecule has 172 valence electrons. The van der Waals surface area contributed by atoms with Gasteiger partial charge in [0.25, 0.3) is 10.0 Å². The fraction of sp³-hybridized carbons (Fsp3) is 0.174. The summed E-state index contributed by atoms with van der Waals surface area (Å²) in [7, 11) is -7.38. The van der Waals surface area contributed by atoms with Crippen molar-refractivity contribution in [3.05, 3.63) is 94.5 Å². The van der Waals surface area contributed by atoms with Crippen LogP contribution in [0.25, 0.3) is 0 Å². The van der Waals surface area contributed by atoms with Crippen molar-refractivity contribution in [1.29, 1.82) is 0 Å². The molecule has 7 nitrogen and oxygen atoms in total. The van der Waals surface area contributed by atoms with Crippen LogP contribution < -0.4 is 4.72 Å². The van der Waals surface area contributed by atoms with E-state index in [0.717, 1.165) is 21.8 Å². The minimum Gasteiger partial charge on any atom is -0.284 e. The van der Waals surface area contributed by atoms with Gasteiger partial charge in [-0.1, -0.05) is 54.1 Å². The number of halogens is 1. The molecule has 0 radical (unpaired) electrons. The lowest BCUT2D eigenvalue weighted by molar-refractivity contribution is 0.370. The van der Waals surface area contributed by atoms with Crippen LogP contribution in [0.4, 0.5) is 5.69 Å². The summed E-state index contributed by atoms with van der Waals surface area (Å²) in [4.78, 5) is 0.0614. The van der Waals surface area contributed by atoms with Crippen LogP contribution in [0.1, 0.15) is 29.2 Å². The van der Waals surface area contributed by atoms with Gasteiger partial charge in [-0.2, -0.15) is 17.9 Å². The van der Waals surface area contributed by atoms with Crippen molar-refractivity contribution in [2.45, 2.75) is 24.3 Å². The van der Waals surface area contributed by atoms with E-state index in [0.29, 0.717) is 28.4 Å². The normalized spacial score (nSPS) is 16.5. The fourth-order valence-corrected chi connectivity index (χ4v) is 6.05. The van der Waals surface area contributed by atoms with E-state index in [1.165, 1.54) is 12.1 Å². The first-order chi connectivity index (χ1) is 15.5. The second-order valence-corrected chi connectivity index (χ2v) is 11.8. The average molecular weight is 504 g/mol. The van der Waals surface area contributed by atoms with Gasteiger partial charge in [-0.3, -0.25) is 4.72 Å². The molecule has 0 saturated carbocycles. The third kappa shape index (κ3) is 5.05. The zero-order valence-corrected chi connectivity index (χ0v) is 20.3. The van der Waals surface area contributed by atoms with Crippen molar-refractivity contribution in [1.82, 2.24) is 4.41 Å². The number of anilines is 1. The summed E-state index contributed by atoms with van der Waals surface area (Å²) in [5.74, 6) is 0. The van der Waals surface area contributed by atoms with Crippen molar-refractivity contribution in [3.8, 4) is 0 Å². The number of hydrogen-bond donors (Lipinski definition) is 1. The number of hydrogen-bond acceptors (Lipinski definition) is 5. The van der Waals surface area contributed by atoms with Crippen molar-refractivity contribution in [2.24, 2.45) is 5.10 Å². The van der Waals surface area contributed by atoms with E-state index in [4.69, 9.17) is 11.6 Å². The highest BCUT2D eigenvalue weighted by molar-refractivity contribution is 7.92. The van der Waals surface area contributed by atoms with Crippen LogP contribution in [-0.2, 0) is 20.0 Å². The summed E-state index contributed by atoms with van der Waals surface area (Å²) in [6.45, 7) is 1.93. The lowest BCUT2D eigenvalue weighted by Crippen LogP contribution is -2.27. The molecule has 10 heteroatoms. The Morgan fingerprint density at radius 1 is 0.970 bits per heavy atom. The SMILES string of the molecule is Cc1ccccc1[C@H]1CC(c2ccc(NS(C)(=O)=O)cc2)=NN1S(=O)(=O)c1cccc(Cl)c1. The molecule has 3 aromatic rings. The van der Waals surface area contributed by atoms with Crippen LogP contribution in [0.3, 0.4) is 0 Å². The van der Waals surface area contributed by atoms with Crippen LogP contribution in [-0.4, -0.2) is 33.2 Å². The van der Waals surface area contributed by atoms with Crippen LogP contribution in [0, 0.1) is 6.92 Å².